The van der Waals surface area contributed by atoms with Crippen LogP contribution in [0.5, 0.6) is 5.75 Å². The highest BCUT2D eigenvalue weighted by Gasteiger charge is 2.27. The topological polar surface area (TPSA) is 101 Å². The van der Waals surface area contributed by atoms with E-state index < -0.39 is 22.5 Å². The van der Waals surface area contributed by atoms with Gasteiger partial charge in [-0.25, -0.2) is 13.8 Å². The van der Waals surface area contributed by atoms with E-state index in [0.29, 0.717) is 38.6 Å². The summed E-state index contributed by atoms with van der Waals surface area (Å²) in [5.41, 5.74) is 4.28. The lowest BCUT2D eigenvalue weighted by atomic mass is 10.2. The molecule has 11 heteroatoms. The van der Waals surface area contributed by atoms with E-state index in [2.05, 4.69) is 10.5 Å². The molecule has 0 spiro atoms. The van der Waals surface area contributed by atoms with Gasteiger partial charge in [-0.2, -0.15) is 5.10 Å². The largest absolute Gasteiger partial charge is 0.497 e. The van der Waals surface area contributed by atoms with Gasteiger partial charge in [-0.15, -0.1) is 0 Å². The van der Waals surface area contributed by atoms with E-state index in [9.17, 15) is 13.2 Å². The number of hydrogen-bond acceptors (Lipinski definition) is 6. The molecule has 0 unspecified atom stereocenters. The van der Waals surface area contributed by atoms with Crippen LogP contribution in [0, 0.1) is 6.92 Å². The summed E-state index contributed by atoms with van der Waals surface area (Å²) < 4.78 is 38.8. The molecular formula is C27H23Cl2N3O5S. The number of benzene rings is 3. The quantitative estimate of drug-likeness (QED) is 0.198. The summed E-state index contributed by atoms with van der Waals surface area (Å²) in [4.78, 5) is 12.8. The van der Waals surface area contributed by atoms with E-state index in [1.807, 2.05) is 6.92 Å². The fraction of sp³-hybridized carbons (Fsp3) is 0.111. The number of carbonyl (C=O) groups is 1. The number of amides is 1. The van der Waals surface area contributed by atoms with Crippen LogP contribution < -0.4 is 14.5 Å². The second kappa shape index (κ2) is 11.7. The number of nitrogens with zero attached hydrogens (tertiary/aromatic N) is 2. The molecule has 196 valence electrons. The SMILES string of the molecule is COc1ccc(S(=O)(=O)N(CC(=O)N/N=C\c2ccc(-c3ccc(Cl)cc3Cl)o2)c2ccc(C)cc2)cc1. The summed E-state index contributed by atoms with van der Waals surface area (Å²) in [7, 11) is -2.58. The van der Waals surface area contributed by atoms with Crippen molar-refractivity contribution in [1.82, 2.24) is 5.43 Å². The lowest BCUT2D eigenvalue weighted by Gasteiger charge is -2.24. The Morgan fingerprint density at radius 1 is 1.03 bits per heavy atom. The van der Waals surface area contributed by atoms with Crippen LogP contribution in [0.15, 0.2) is 93.3 Å². The van der Waals surface area contributed by atoms with Gasteiger partial charge in [0.1, 0.15) is 23.8 Å². The molecule has 0 aliphatic rings. The van der Waals surface area contributed by atoms with E-state index in [4.69, 9.17) is 32.4 Å². The molecule has 4 rings (SSSR count). The molecule has 1 aromatic heterocycles. The third kappa shape index (κ3) is 6.36. The molecule has 1 heterocycles. The number of hydrogen-bond donors (Lipinski definition) is 1. The van der Waals surface area contributed by atoms with Crippen LogP contribution >= 0.6 is 23.2 Å². The van der Waals surface area contributed by atoms with Crippen molar-refractivity contribution in [3.8, 4) is 17.1 Å². The fourth-order valence-electron chi connectivity index (χ4n) is 3.49. The summed E-state index contributed by atoms with van der Waals surface area (Å²) in [6, 6.07) is 21.1. The lowest BCUT2D eigenvalue weighted by molar-refractivity contribution is -0.119. The van der Waals surface area contributed by atoms with Crippen LogP contribution in [0.2, 0.25) is 10.0 Å². The van der Waals surface area contributed by atoms with Crippen molar-refractivity contribution in [2.24, 2.45) is 5.10 Å². The van der Waals surface area contributed by atoms with Gasteiger partial charge in [-0.05, 0) is 73.7 Å². The highest BCUT2D eigenvalue weighted by atomic mass is 35.5. The number of ether oxygens (including phenoxy) is 1. The molecule has 4 aromatic rings. The zero-order valence-corrected chi connectivity index (χ0v) is 22.7. The minimum atomic E-state index is -4.07. The van der Waals surface area contributed by atoms with Crippen LogP contribution in [0.4, 0.5) is 5.69 Å². The molecular weight excluding hydrogens is 549 g/mol. The standard InChI is InChI=1S/C27H23Cl2N3O5S/c1-18-3-6-20(7-4-18)32(38(34,35)23-11-8-21(36-2)9-12-23)17-27(33)31-30-16-22-10-14-26(37-22)24-13-5-19(28)15-25(24)29/h3-16H,17H2,1-2H3,(H,31,33)/b30-16-. The second-order valence-electron chi connectivity index (χ2n) is 8.14. The number of furan rings is 1. The third-order valence-corrected chi connectivity index (χ3v) is 7.80. The molecule has 38 heavy (non-hydrogen) atoms. The highest BCUT2D eigenvalue weighted by Crippen LogP contribution is 2.31. The van der Waals surface area contributed by atoms with Gasteiger partial charge in [-0.3, -0.25) is 9.10 Å². The smallest absolute Gasteiger partial charge is 0.264 e. The van der Waals surface area contributed by atoms with E-state index in [0.717, 1.165) is 9.87 Å². The molecule has 1 N–H and O–H groups in total. The number of hydrazone groups is 1. The molecule has 3 aromatic carbocycles. The van der Waals surface area contributed by atoms with E-state index in [1.165, 1.54) is 25.5 Å². The van der Waals surface area contributed by atoms with Crippen molar-refractivity contribution in [3.63, 3.8) is 0 Å². The molecule has 0 saturated heterocycles. The van der Waals surface area contributed by atoms with Crippen LogP contribution in [-0.2, 0) is 14.8 Å². The van der Waals surface area contributed by atoms with Gasteiger partial charge in [-0.1, -0.05) is 40.9 Å². The first kappa shape index (κ1) is 27.3. The predicted octanol–water partition coefficient (Wildman–Crippen LogP) is 5.92. The van der Waals surface area contributed by atoms with Gasteiger partial charge in [0.25, 0.3) is 15.9 Å². The Labute approximate surface area is 230 Å². The predicted molar refractivity (Wildman–Crippen MR) is 149 cm³/mol. The summed E-state index contributed by atoms with van der Waals surface area (Å²) in [5.74, 6) is 0.715. The van der Waals surface area contributed by atoms with Gasteiger partial charge < -0.3 is 9.15 Å². The summed E-state index contributed by atoms with van der Waals surface area (Å²) >= 11 is 12.2. The Bertz CT molecular complexity index is 1570. The maximum atomic E-state index is 13.5. The molecule has 0 radical (unpaired) electrons. The Balaban J connectivity index is 1.50. The molecule has 8 nitrogen and oxygen atoms in total. The Morgan fingerprint density at radius 3 is 2.39 bits per heavy atom. The minimum Gasteiger partial charge on any atom is -0.497 e. The fourth-order valence-corrected chi connectivity index (χ4v) is 5.41. The Morgan fingerprint density at radius 2 is 1.74 bits per heavy atom. The number of sulfonamides is 1. The normalized spacial score (nSPS) is 11.5. The van der Waals surface area contributed by atoms with Gasteiger partial charge in [0.2, 0.25) is 0 Å². The number of methoxy groups -OCH3 is 1. The minimum absolute atomic E-state index is 0.0131. The number of rotatable bonds is 9. The number of nitrogens with one attached hydrogen (secondary N) is 1. The van der Waals surface area contributed by atoms with Crippen molar-refractivity contribution < 1.29 is 22.4 Å². The first-order valence-electron chi connectivity index (χ1n) is 11.3. The van der Waals surface area contributed by atoms with E-state index in [1.54, 1.807) is 66.7 Å². The zero-order chi connectivity index (χ0) is 27.3. The first-order chi connectivity index (χ1) is 18.2. The van der Waals surface area contributed by atoms with Crippen molar-refractivity contribution in [1.29, 1.82) is 0 Å². The maximum absolute atomic E-state index is 13.5. The van der Waals surface area contributed by atoms with Crippen LogP contribution in [0.1, 0.15) is 11.3 Å². The van der Waals surface area contributed by atoms with E-state index in [-0.39, 0.29) is 4.90 Å². The van der Waals surface area contributed by atoms with Gasteiger partial charge >= 0.3 is 0 Å². The van der Waals surface area contributed by atoms with Crippen molar-refractivity contribution >= 4 is 51.0 Å². The molecule has 0 aliphatic heterocycles. The lowest BCUT2D eigenvalue weighted by Crippen LogP contribution is -2.39. The number of anilines is 1. The van der Waals surface area contributed by atoms with Crippen LogP contribution in [0.25, 0.3) is 11.3 Å². The number of carbonyl (C=O) groups excluding carboxylic acids is 1. The summed E-state index contributed by atoms with van der Waals surface area (Å²) in [5, 5.41) is 4.84. The second-order valence-corrected chi connectivity index (χ2v) is 10.8. The molecule has 0 aliphatic carbocycles. The Kier molecular flexibility index (Phi) is 8.41. The van der Waals surface area contributed by atoms with Crippen molar-refractivity contribution in [3.05, 3.63) is 100 Å². The summed E-state index contributed by atoms with van der Waals surface area (Å²) in [6.07, 6.45) is 1.30. The van der Waals surface area contributed by atoms with Gasteiger partial charge in [0.05, 0.1) is 28.9 Å². The van der Waals surface area contributed by atoms with E-state index >= 15 is 0 Å². The first-order valence-corrected chi connectivity index (χ1v) is 13.5. The monoisotopic (exact) mass is 571 g/mol. The maximum Gasteiger partial charge on any atom is 0.264 e. The highest BCUT2D eigenvalue weighted by molar-refractivity contribution is 7.92. The molecule has 0 atom stereocenters. The molecule has 0 saturated carbocycles. The summed E-state index contributed by atoms with van der Waals surface area (Å²) in [6.45, 7) is 1.38. The number of aryl methyl sites for hydroxylation is 1. The molecule has 0 bridgehead atoms. The van der Waals surface area contributed by atoms with Crippen molar-refractivity contribution in [2.75, 3.05) is 18.0 Å². The number of halogens is 2. The van der Waals surface area contributed by atoms with Gasteiger partial charge in [0.15, 0.2) is 0 Å². The van der Waals surface area contributed by atoms with Crippen LogP contribution in [-0.4, -0.2) is 34.2 Å². The average molecular weight is 572 g/mol. The van der Waals surface area contributed by atoms with Crippen molar-refractivity contribution in [2.45, 2.75) is 11.8 Å². The molecule has 0 fully saturated rings. The zero-order valence-electron chi connectivity index (χ0n) is 20.4. The Hall–Kier alpha value is -3.79. The van der Waals surface area contributed by atoms with Gasteiger partial charge in [0, 0.05) is 10.6 Å². The van der Waals surface area contributed by atoms with Crippen LogP contribution in [0.3, 0.4) is 0 Å². The average Bonchev–Trinajstić information content (AvgIpc) is 3.36. The molecule has 1 amide bonds. The third-order valence-electron chi connectivity index (χ3n) is 5.46.